The predicted octanol–water partition coefficient (Wildman–Crippen LogP) is 8.80. The van der Waals surface area contributed by atoms with Crippen LogP contribution in [0, 0.1) is 0 Å². The fraction of sp³-hybridized carbons (Fsp3) is 0.176. The zero-order chi connectivity index (χ0) is 25.2. The Hall–Kier alpha value is -4.04. The first kappa shape index (κ1) is 23.7. The van der Waals surface area contributed by atoms with E-state index in [4.69, 9.17) is 9.47 Å². The molecular weight excluding hydrogens is 440 g/mol. The topological polar surface area (TPSA) is 18.5 Å². The standard InChI is InChI=1S/2C17H16O/c2*1-17(2)15(12-13-8-4-3-5-9-13)14-10-6-7-11-16(14)18-17/h2*3-12H,1-2H3/b2*15-12+. The van der Waals surface area contributed by atoms with Gasteiger partial charge in [-0.2, -0.15) is 0 Å². The normalized spacial score (nSPS) is 18.4. The number of benzene rings is 4. The van der Waals surface area contributed by atoms with Crippen molar-refractivity contribution in [3.63, 3.8) is 0 Å². The summed E-state index contributed by atoms with van der Waals surface area (Å²) in [5, 5.41) is 0. The summed E-state index contributed by atoms with van der Waals surface area (Å²) in [5.74, 6) is 1.95. The van der Waals surface area contributed by atoms with Crippen LogP contribution in [-0.2, 0) is 0 Å². The molecule has 0 spiro atoms. The van der Waals surface area contributed by atoms with Crippen LogP contribution in [0.2, 0.25) is 0 Å². The summed E-state index contributed by atoms with van der Waals surface area (Å²) >= 11 is 0. The highest BCUT2D eigenvalue weighted by Crippen LogP contribution is 2.45. The molecule has 0 unspecified atom stereocenters. The van der Waals surface area contributed by atoms with Gasteiger partial charge in [0.1, 0.15) is 22.7 Å². The fourth-order valence-electron chi connectivity index (χ4n) is 4.80. The Morgan fingerprint density at radius 3 is 1.17 bits per heavy atom. The van der Waals surface area contributed by atoms with Gasteiger partial charge in [0.15, 0.2) is 0 Å². The quantitative estimate of drug-likeness (QED) is 0.290. The van der Waals surface area contributed by atoms with Crippen molar-refractivity contribution in [2.24, 2.45) is 0 Å². The highest BCUT2D eigenvalue weighted by Gasteiger charge is 2.36. The van der Waals surface area contributed by atoms with Crippen LogP contribution in [0.1, 0.15) is 49.9 Å². The lowest BCUT2D eigenvalue weighted by molar-refractivity contribution is 0.190. The molecule has 2 heteroatoms. The van der Waals surface area contributed by atoms with E-state index >= 15 is 0 Å². The number of rotatable bonds is 2. The van der Waals surface area contributed by atoms with Crippen LogP contribution in [0.15, 0.2) is 109 Å². The van der Waals surface area contributed by atoms with Gasteiger partial charge in [-0.25, -0.2) is 0 Å². The molecule has 0 amide bonds. The second-order valence-electron chi connectivity index (χ2n) is 10.2. The summed E-state index contributed by atoms with van der Waals surface area (Å²) in [7, 11) is 0. The second kappa shape index (κ2) is 9.54. The van der Waals surface area contributed by atoms with E-state index in [9.17, 15) is 0 Å². The van der Waals surface area contributed by atoms with Gasteiger partial charge < -0.3 is 9.47 Å². The molecule has 180 valence electrons. The van der Waals surface area contributed by atoms with Crippen molar-refractivity contribution >= 4 is 23.3 Å². The smallest absolute Gasteiger partial charge is 0.129 e. The van der Waals surface area contributed by atoms with Gasteiger partial charge in [0.25, 0.3) is 0 Å². The number of hydrogen-bond donors (Lipinski definition) is 0. The second-order valence-corrected chi connectivity index (χ2v) is 10.2. The molecule has 0 N–H and O–H groups in total. The van der Waals surface area contributed by atoms with E-state index in [2.05, 4.69) is 113 Å². The van der Waals surface area contributed by atoms with E-state index in [1.165, 1.54) is 33.4 Å². The van der Waals surface area contributed by atoms with Crippen molar-refractivity contribution in [2.75, 3.05) is 0 Å². The Morgan fingerprint density at radius 1 is 0.444 bits per heavy atom. The molecule has 4 aromatic carbocycles. The Kier molecular flexibility index (Phi) is 6.28. The molecule has 0 aliphatic carbocycles. The largest absolute Gasteiger partial charge is 0.483 e. The van der Waals surface area contributed by atoms with Crippen LogP contribution < -0.4 is 9.47 Å². The monoisotopic (exact) mass is 472 g/mol. The van der Waals surface area contributed by atoms with Crippen molar-refractivity contribution < 1.29 is 9.47 Å². The van der Waals surface area contributed by atoms with Crippen molar-refractivity contribution in [3.05, 3.63) is 131 Å². The molecule has 2 aliphatic heterocycles. The van der Waals surface area contributed by atoms with Gasteiger partial charge in [0.05, 0.1) is 0 Å². The molecule has 6 rings (SSSR count). The molecule has 0 radical (unpaired) electrons. The average molecular weight is 473 g/mol. The summed E-state index contributed by atoms with van der Waals surface area (Å²) in [6.45, 7) is 8.45. The Balaban J connectivity index is 0.000000148. The minimum atomic E-state index is -0.264. The molecule has 0 bridgehead atoms. The van der Waals surface area contributed by atoms with E-state index in [1.807, 2.05) is 36.4 Å². The molecule has 4 aromatic rings. The molecule has 2 aliphatic rings. The molecule has 0 fully saturated rings. The minimum Gasteiger partial charge on any atom is -0.483 e. The van der Waals surface area contributed by atoms with E-state index in [-0.39, 0.29) is 11.2 Å². The zero-order valence-electron chi connectivity index (χ0n) is 21.4. The lowest BCUT2D eigenvalue weighted by Gasteiger charge is -2.20. The molecule has 0 aromatic heterocycles. The first-order chi connectivity index (χ1) is 17.3. The van der Waals surface area contributed by atoms with E-state index in [0.29, 0.717) is 0 Å². The molecule has 0 atom stereocenters. The number of hydrogen-bond acceptors (Lipinski definition) is 2. The first-order valence-corrected chi connectivity index (χ1v) is 12.4. The molecule has 2 heterocycles. The van der Waals surface area contributed by atoms with Crippen LogP contribution in [0.4, 0.5) is 0 Å². The molecule has 0 saturated heterocycles. The van der Waals surface area contributed by atoms with Gasteiger partial charge >= 0.3 is 0 Å². The summed E-state index contributed by atoms with van der Waals surface area (Å²) in [5.41, 5.74) is 6.77. The van der Waals surface area contributed by atoms with Crippen molar-refractivity contribution in [1.29, 1.82) is 0 Å². The van der Waals surface area contributed by atoms with Crippen LogP contribution in [0.25, 0.3) is 23.3 Å². The molecule has 2 nitrogen and oxygen atoms in total. The van der Waals surface area contributed by atoms with Crippen molar-refractivity contribution in [3.8, 4) is 11.5 Å². The highest BCUT2D eigenvalue weighted by molar-refractivity contribution is 5.91. The maximum Gasteiger partial charge on any atom is 0.129 e. The molecule has 36 heavy (non-hydrogen) atoms. The van der Waals surface area contributed by atoms with Gasteiger partial charge in [0, 0.05) is 22.3 Å². The Bertz CT molecular complexity index is 1300. The predicted molar refractivity (Wildman–Crippen MR) is 151 cm³/mol. The summed E-state index contributed by atoms with van der Waals surface area (Å²) in [6.07, 6.45) is 4.43. The zero-order valence-corrected chi connectivity index (χ0v) is 21.4. The van der Waals surface area contributed by atoms with Crippen LogP contribution in [0.3, 0.4) is 0 Å². The third kappa shape index (κ3) is 4.85. The van der Waals surface area contributed by atoms with Crippen molar-refractivity contribution in [2.45, 2.75) is 38.9 Å². The van der Waals surface area contributed by atoms with Gasteiger partial charge in [-0.15, -0.1) is 0 Å². The van der Waals surface area contributed by atoms with Gasteiger partial charge in [-0.05, 0) is 63.1 Å². The molecular formula is C34H32O2. The first-order valence-electron chi connectivity index (χ1n) is 12.4. The maximum atomic E-state index is 6.01. The summed E-state index contributed by atoms with van der Waals surface area (Å²) in [6, 6.07) is 37.2. The Labute approximate surface area is 214 Å². The minimum absolute atomic E-state index is 0.264. The lowest BCUT2D eigenvalue weighted by Crippen LogP contribution is -2.23. The van der Waals surface area contributed by atoms with E-state index < -0.39 is 0 Å². The molecule has 0 saturated carbocycles. The van der Waals surface area contributed by atoms with Gasteiger partial charge in [-0.3, -0.25) is 0 Å². The SMILES string of the molecule is CC1(C)Oc2ccccc2/C1=C\c1ccccc1.CC1(C)Oc2ccccc2/C1=C\c1ccccc1. The van der Waals surface area contributed by atoms with E-state index in [0.717, 1.165) is 11.5 Å². The van der Waals surface area contributed by atoms with Gasteiger partial charge in [0.2, 0.25) is 0 Å². The fourth-order valence-corrected chi connectivity index (χ4v) is 4.80. The average Bonchev–Trinajstić information content (AvgIpc) is 3.29. The number of ether oxygens (including phenoxy) is 2. The maximum absolute atomic E-state index is 6.01. The number of para-hydroxylation sites is 2. The lowest BCUT2D eigenvalue weighted by atomic mass is 9.92. The third-order valence-corrected chi connectivity index (χ3v) is 6.60. The van der Waals surface area contributed by atoms with Gasteiger partial charge in [-0.1, -0.05) is 97.1 Å². The van der Waals surface area contributed by atoms with Crippen LogP contribution >= 0.6 is 0 Å². The summed E-state index contributed by atoms with van der Waals surface area (Å²) in [4.78, 5) is 0. The van der Waals surface area contributed by atoms with Crippen molar-refractivity contribution in [1.82, 2.24) is 0 Å². The van der Waals surface area contributed by atoms with Crippen LogP contribution in [0.5, 0.6) is 11.5 Å². The van der Waals surface area contributed by atoms with E-state index in [1.54, 1.807) is 0 Å². The Morgan fingerprint density at radius 2 is 0.778 bits per heavy atom. The highest BCUT2D eigenvalue weighted by atomic mass is 16.5. The van der Waals surface area contributed by atoms with Crippen LogP contribution in [-0.4, -0.2) is 11.2 Å². The summed E-state index contributed by atoms with van der Waals surface area (Å²) < 4.78 is 12.0. The number of fused-ring (bicyclic) bond motifs is 2. The third-order valence-electron chi connectivity index (χ3n) is 6.60.